The van der Waals surface area contributed by atoms with E-state index in [4.69, 9.17) is 5.11 Å². The van der Waals surface area contributed by atoms with Crippen LogP contribution in [0.4, 0.5) is 14.9 Å². The SMILES string of the molecule is O=C(NCc1cnc[nH]1)Nc1ccc(C(=O)O)c(F)c1. The minimum atomic E-state index is -1.36. The molecule has 0 aliphatic rings. The maximum absolute atomic E-state index is 13.4. The van der Waals surface area contributed by atoms with Gasteiger partial charge in [0, 0.05) is 11.9 Å². The van der Waals surface area contributed by atoms with Crippen LogP contribution in [0.25, 0.3) is 0 Å². The second kappa shape index (κ2) is 5.83. The molecule has 1 aromatic heterocycles. The Balaban J connectivity index is 1.94. The van der Waals surface area contributed by atoms with Crippen LogP contribution < -0.4 is 10.6 Å². The fourth-order valence-corrected chi connectivity index (χ4v) is 1.50. The molecule has 2 amide bonds. The lowest BCUT2D eigenvalue weighted by Crippen LogP contribution is -2.28. The topological polar surface area (TPSA) is 107 Å². The van der Waals surface area contributed by atoms with Gasteiger partial charge in [0.2, 0.25) is 0 Å². The van der Waals surface area contributed by atoms with Gasteiger partial charge in [-0.25, -0.2) is 19.0 Å². The number of hydrogen-bond donors (Lipinski definition) is 4. The number of imidazole rings is 1. The number of urea groups is 1. The molecule has 0 saturated heterocycles. The summed E-state index contributed by atoms with van der Waals surface area (Å²) in [6.07, 6.45) is 3.04. The van der Waals surface area contributed by atoms with E-state index < -0.39 is 23.4 Å². The highest BCUT2D eigenvalue weighted by Crippen LogP contribution is 2.14. The van der Waals surface area contributed by atoms with E-state index in [1.54, 1.807) is 6.20 Å². The molecule has 1 heterocycles. The maximum atomic E-state index is 13.4. The average molecular weight is 278 g/mol. The van der Waals surface area contributed by atoms with E-state index in [9.17, 15) is 14.0 Å². The molecule has 4 N–H and O–H groups in total. The van der Waals surface area contributed by atoms with E-state index in [1.165, 1.54) is 12.4 Å². The number of carbonyl (C=O) groups is 2. The summed E-state index contributed by atoms with van der Waals surface area (Å²) in [7, 11) is 0. The first-order valence-corrected chi connectivity index (χ1v) is 5.61. The Morgan fingerprint density at radius 2 is 2.20 bits per heavy atom. The fraction of sp³-hybridized carbons (Fsp3) is 0.0833. The number of amides is 2. The summed E-state index contributed by atoms with van der Waals surface area (Å²) in [5.74, 6) is -2.28. The second-order valence-corrected chi connectivity index (χ2v) is 3.88. The zero-order valence-corrected chi connectivity index (χ0v) is 10.2. The van der Waals surface area contributed by atoms with Gasteiger partial charge < -0.3 is 20.7 Å². The van der Waals surface area contributed by atoms with Crippen molar-refractivity contribution < 1.29 is 19.1 Å². The molecule has 0 saturated carbocycles. The predicted octanol–water partition coefficient (Wildman–Crippen LogP) is 1.57. The van der Waals surface area contributed by atoms with Crippen LogP contribution in [0.3, 0.4) is 0 Å². The zero-order chi connectivity index (χ0) is 14.5. The van der Waals surface area contributed by atoms with Gasteiger partial charge in [-0.05, 0) is 18.2 Å². The predicted molar refractivity (Wildman–Crippen MR) is 67.8 cm³/mol. The smallest absolute Gasteiger partial charge is 0.338 e. The van der Waals surface area contributed by atoms with Gasteiger partial charge in [-0.2, -0.15) is 0 Å². The van der Waals surface area contributed by atoms with E-state index in [0.717, 1.165) is 12.1 Å². The minimum Gasteiger partial charge on any atom is -0.478 e. The molecule has 1 aromatic carbocycles. The Hall–Kier alpha value is -2.90. The fourth-order valence-electron chi connectivity index (χ4n) is 1.50. The van der Waals surface area contributed by atoms with E-state index in [2.05, 4.69) is 20.6 Å². The number of carbonyl (C=O) groups excluding carboxylic acids is 1. The first-order valence-electron chi connectivity index (χ1n) is 5.61. The van der Waals surface area contributed by atoms with E-state index in [1.807, 2.05) is 0 Å². The Morgan fingerprint density at radius 3 is 2.80 bits per heavy atom. The summed E-state index contributed by atoms with van der Waals surface area (Å²) < 4.78 is 13.4. The van der Waals surface area contributed by atoms with Crippen LogP contribution in [-0.4, -0.2) is 27.1 Å². The number of aromatic nitrogens is 2. The van der Waals surface area contributed by atoms with E-state index in [0.29, 0.717) is 5.69 Å². The number of halogens is 1. The van der Waals surface area contributed by atoms with Crippen molar-refractivity contribution in [2.24, 2.45) is 0 Å². The number of anilines is 1. The van der Waals surface area contributed by atoms with Crippen LogP contribution >= 0.6 is 0 Å². The van der Waals surface area contributed by atoms with Gasteiger partial charge >= 0.3 is 12.0 Å². The molecule has 2 rings (SSSR count). The third kappa shape index (κ3) is 3.31. The Morgan fingerprint density at radius 1 is 1.40 bits per heavy atom. The van der Waals surface area contributed by atoms with E-state index >= 15 is 0 Å². The highest BCUT2D eigenvalue weighted by Gasteiger charge is 2.11. The minimum absolute atomic E-state index is 0.162. The van der Waals surface area contributed by atoms with Crippen LogP contribution in [0.2, 0.25) is 0 Å². The van der Waals surface area contributed by atoms with Crippen molar-refractivity contribution in [2.75, 3.05) is 5.32 Å². The van der Waals surface area contributed by atoms with Gasteiger partial charge in [0.1, 0.15) is 5.82 Å². The van der Waals surface area contributed by atoms with Crippen LogP contribution in [0.1, 0.15) is 16.1 Å². The van der Waals surface area contributed by atoms with Crippen molar-refractivity contribution in [2.45, 2.75) is 6.54 Å². The first-order chi connectivity index (χ1) is 9.56. The highest BCUT2D eigenvalue weighted by atomic mass is 19.1. The van der Waals surface area contributed by atoms with Crippen molar-refractivity contribution in [1.29, 1.82) is 0 Å². The second-order valence-electron chi connectivity index (χ2n) is 3.88. The lowest BCUT2D eigenvalue weighted by atomic mass is 10.2. The summed E-state index contributed by atoms with van der Waals surface area (Å²) in [5.41, 5.74) is 0.426. The molecular weight excluding hydrogens is 267 g/mol. The molecule has 7 nitrogen and oxygen atoms in total. The standard InChI is InChI=1S/C12H11FN4O3/c13-10-3-7(1-2-9(10)11(18)19)17-12(20)15-5-8-4-14-6-16-8/h1-4,6H,5H2,(H,14,16)(H,18,19)(H2,15,17,20). The molecule has 0 aliphatic heterocycles. The largest absolute Gasteiger partial charge is 0.478 e. The molecule has 0 atom stereocenters. The van der Waals surface area contributed by atoms with Gasteiger partial charge in [-0.3, -0.25) is 0 Å². The van der Waals surface area contributed by atoms with Gasteiger partial charge in [0.05, 0.1) is 24.1 Å². The molecule has 0 aliphatic carbocycles. The lowest BCUT2D eigenvalue weighted by Gasteiger charge is -2.07. The number of hydrogen-bond acceptors (Lipinski definition) is 3. The number of H-pyrrole nitrogens is 1. The molecule has 20 heavy (non-hydrogen) atoms. The van der Waals surface area contributed by atoms with Gasteiger partial charge in [0.25, 0.3) is 0 Å². The van der Waals surface area contributed by atoms with Crippen molar-refractivity contribution >= 4 is 17.7 Å². The summed E-state index contributed by atoms with van der Waals surface area (Å²) in [6.45, 7) is 0.238. The van der Waals surface area contributed by atoms with Crippen molar-refractivity contribution in [3.05, 3.63) is 47.8 Å². The number of carboxylic acids is 1. The maximum Gasteiger partial charge on any atom is 0.338 e. The normalized spacial score (nSPS) is 10.1. The molecule has 0 spiro atoms. The number of aromatic amines is 1. The van der Waals surface area contributed by atoms with Crippen LogP contribution in [0, 0.1) is 5.82 Å². The summed E-state index contributed by atoms with van der Waals surface area (Å²) in [6, 6.07) is 2.80. The Labute approximate surface area is 112 Å². The van der Waals surface area contributed by atoms with E-state index in [-0.39, 0.29) is 12.2 Å². The molecule has 104 valence electrons. The number of benzene rings is 1. The quantitative estimate of drug-likeness (QED) is 0.680. The molecule has 2 aromatic rings. The van der Waals surface area contributed by atoms with Crippen LogP contribution in [0.15, 0.2) is 30.7 Å². The van der Waals surface area contributed by atoms with Crippen molar-refractivity contribution in [3.63, 3.8) is 0 Å². The molecule has 0 unspecified atom stereocenters. The van der Waals surface area contributed by atoms with Crippen LogP contribution in [0.5, 0.6) is 0 Å². The van der Waals surface area contributed by atoms with Gasteiger partial charge in [-0.15, -0.1) is 0 Å². The molecule has 0 radical (unpaired) electrons. The number of nitrogens with one attached hydrogen (secondary N) is 3. The highest BCUT2D eigenvalue weighted by molar-refractivity contribution is 5.91. The lowest BCUT2D eigenvalue weighted by molar-refractivity contribution is 0.0692. The van der Waals surface area contributed by atoms with Crippen molar-refractivity contribution in [1.82, 2.24) is 15.3 Å². The number of nitrogens with zero attached hydrogens (tertiary/aromatic N) is 1. The molecular formula is C12H11FN4O3. The number of aromatic carboxylic acids is 1. The number of rotatable bonds is 4. The Kier molecular flexibility index (Phi) is 3.94. The molecule has 0 bridgehead atoms. The molecule has 0 fully saturated rings. The first kappa shape index (κ1) is 13.5. The molecule has 8 heteroatoms. The van der Waals surface area contributed by atoms with Crippen molar-refractivity contribution in [3.8, 4) is 0 Å². The van der Waals surface area contributed by atoms with Gasteiger partial charge in [-0.1, -0.05) is 0 Å². The zero-order valence-electron chi connectivity index (χ0n) is 10.2. The van der Waals surface area contributed by atoms with Crippen LogP contribution in [-0.2, 0) is 6.54 Å². The average Bonchev–Trinajstić information content (AvgIpc) is 2.89. The van der Waals surface area contributed by atoms with Gasteiger partial charge in [0.15, 0.2) is 0 Å². The monoisotopic (exact) mass is 278 g/mol. The summed E-state index contributed by atoms with van der Waals surface area (Å²) in [5, 5.41) is 13.6. The number of carboxylic acid groups (broad SMARTS) is 1. The third-order valence-electron chi connectivity index (χ3n) is 2.45. The summed E-state index contributed by atoms with van der Waals surface area (Å²) in [4.78, 5) is 28.8. The Bertz CT molecular complexity index is 628. The summed E-state index contributed by atoms with van der Waals surface area (Å²) >= 11 is 0. The third-order valence-corrected chi connectivity index (χ3v) is 2.45.